The average Bonchev–Trinajstić information content (AvgIpc) is 3.57. The Morgan fingerprint density at radius 2 is 1.60 bits per heavy atom. The molecular weight excluding hydrogens is 612 g/mol. The fraction of sp³-hybridized carbons (Fsp3) is 0.526. The number of aromatic nitrogens is 6. The summed E-state index contributed by atoms with van der Waals surface area (Å²) in [6.45, 7) is -1.70. The molecule has 3 aliphatic rings. The second kappa shape index (κ2) is 10.7. The fourth-order valence-electron chi connectivity index (χ4n) is 4.78. The number of anilines is 1. The SMILES string of the molecule is Nc1ccn([C@@H]2O[C@@H]3COP(=O)(O)O[C@H]4[C@@H](O)[C@H](n5cnc6c(=O)[nH]cnc65)O[C@@H]4COP(=O)(O)O[C@@H]2[C@@H]3O)c(=O)n1. The third-order valence-electron chi connectivity index (χ3n) is 6.70. The van der Waals surface area contributed by atoms with Gasteiger partial charge < -0.3 is 40.2 Å². The minimum absolute atomic E-state index is 0.0155. The van der Waals surface area contributed by atoms with Gasteiger partial charge in [0.25, 0.3) is 5.56 Å². The summed E-state index contributed by atoms with van der Waals surface area (Å²) in [5.74, 6) is -0.137. The lowest BCUT2D eigenvalue weighted by Gasteiger charge is -2.25. The number of phosphoric acid groups is 2. The highest BCUT2D eigenvalue weighted by molar-refractivity contribution is 7.47. The zero-order chi connectivity index (χ0) is 30.0. The molecule has 21 nitrogen and oxygen atoms in total. The van der Waals surface area contributed by atoms with Crippen LogP contribution in [-0.4, -0.2) is 98.9 Å². The number of nitrogens with one attached hydrogen (secondary N) is 1. The van der Waals surface area contributed by atoms with Gasteiger partial charge in [0.05, 0.1) is 25.9 Å². The van der Waals surface area contributed by atoms with E-state index in [0.717, 1.165) is 28.0 Å². The highest BCUT2D eigenvalue weighted by Crippen LogP contribution is 2.53. The molecule has 23 heteroatoms. The van der Waals surface area contributed by atoms with Crippen molar-refractivity contribution in [3.8, 4) is 0 Å². The number of aromatic amines is 1. The molecule has 3 fully saturated rings. The van der Waals surface area contributed by atoms with Crippen molar-refractivity contribution in [3.05, 3.63) is 45.8 Å². The van der Waals surface area contributed by atoms with E-state index in [1.165, 1.54) is 6.07 Å². The van der Waals surface area contributed by atoms with Crippen LogP contribution in [0.1, 0.15) is 12.5 Å². The van der Waals surface area contributed by atoms with Gasteiger partial charge in [-0.05, 0) is 6.07 Å². The van der Waals surface area contributed by atoms with Crippen molar-refractivity contribution >= 4 is 32.6 Å². The number of fused-ring (bicyclic) bond motifs is 4. The van der Waals surface area contributed by atoms with Gasteiger partial charge in [-0.2, -0.15) is 4.98 Å². The Balaban J connectivity index is 1.31. The molecule has 7 N–H and O–H groups in total. The number of hydrogen-bond acceptors (Lipinski definition) is 16. The molecule has 2 bridgehead atoms. The van der Waals surface area contributed by atoms with Crippen molar-refractivity contribution in [1.29, 1.82) is 0 Å². The van der Waals surface area contributed by atoms with E-state index in [-0.39, 0.29) is 17.0 Å². The predicted molar refractivity (Wildman–Crippen MR) is 132 cm³/mol. The number of aliphatic hydroxyl groups is 2. The monoisotopic (exact) mass is 635 g/mol. The number of nitrogens with two attached hydrogens (primary N) is 1. The maximum Gasteiger partial charge on any atom is 0.472 e. The largest absolute Gasteiger partial charge is 0.472 e. The number of rotatable bonds is 2. The molecule has 0 radical (unpaired) electrons. The minimum Gasteiger partial charge on any atom is -0.387 e. The van der Waals surface area contributed by atoms with Gasteiger partial charge in [0.15, 0.2) is 23.6 Å². The van der Waals surface area contributed by atoms with Crippen molar-refractivity contribution in [2.45, 2.75) is 49.1 Å². The molecule has 0 amide bonds. The van der Waals surface area contributed by atoms with Gasteiger partial charge in [0, 0.05) is 6.20 Å². The normalized spacial score (nSPS) is 39.3. The summed E-state index contributed by atoms with van der Waals surface area (Å²) < 4.78 is 59.7. The Morgan fingerprint density at radius 1 is 0.929 bits per heavy atom. The number of phosphoric ester groups is 2. The van der Waals surface area contributed by atoms with Crippen molar-refractivity contribution in [2.24, 2.45) is 0 Å². The van der Waals surface area contributed by atoms with Crippen LogP contribution < -0.4 is 17.0 Å². The van der Waals surface area contributed by atoms with E-state index in [0.29, 0.717) is 0 Å². The molecule has 3 aromatic rings. The highest BCUT2D eigenvalue weighted by Gasteiger charge is 2.53. The lowest BCUT2D eigenvalue weighted by atomic mass is 10.1. The van der Waals surface area contributed by atoms with Gasteiger partial charge in [0.1, 0.15) is 42.4 Å². The molecule has 228 valence electrons. The molecule has 2 unspecified atom stereocenters. The van der Waals surface area contributed by atoms with Crippen molar-refractivity contribution in [1.82, 2.24) is 29.1 Å². The first kappa shape index (κ1) is 29.2. The molecule has 6 rings (SSSR count). The molecule has 3 saturated heterocycles. The molecule has 0 spiro atoms. The zero-order valence-corrected chi connectivity index (χ0v) is 22.7. The first-order chi connectivity index (χ1) is 19.8. The molecule has 6 heterocycles. The second-order valence-corrected chi connectivity index (χ2v) is 12.2. The summed E-state index contributed by atoms with van der Waals surface area (Å²) in [6, 6.07) is 1.22. The summed E-state index contributed by atoms with van der Waals surface area (Å²) in [5.41, 5.74) is 3.84. The van der Waals surface area contributed by atoms with Crippen molar-refractivity contribution in [3.63, 3.8) is 0 Å². The Hall–Kier alpha value is -2.91. The summed E-state index contributed by atoms with van der Waals surface area (Å²) in [6.07, 6.45) is -9.66. The number of nitrogen functional groups attached to an aromatic ring is 1. The third-order valence-corrected chi connectivity index (χ3v) is 8.67. The number of hydrogen-bond donors (Lipinski definition) is 6. The molecular formula is C19H23N7O14P2. The van der Waals surface area contributed by atoms with E-state index in [2.05, 4.69) is 19.9 Å². The van der Waals surface area contributed by atoms with Crippen molar-refractivity contribution in [2.75, 3.05) is 18.9 Å². The molecule has 0 aliphatic carbocycles. The van der Waals surface area contributed by atoms with E-state index in [1.807, 2.05) is 0 Å². The van der Waals surface area contributed by atoms with Gasteiger partial charge >= 0.3 is 21.3 Å². The van der Waals surface area contributed by atoms with Crippen LogP contribution in [0.15, 0.2) is 34.5 Å². The second-order valence-electron chi connectivity index (χ2n) is 9.38. The zero-order valence-electron chi connectivity index (χ0n) is 20.9. The Kier molecular flexibility index (Phi) is 7.41. The molecule has 10 atom stereocenters. The van der Waals surface area contributed by atoms with Gasteiger partial charge in [-0.3, -0.25) is 32.0 Å². The van der Waals surface area contributed by atoms with E-state index in [1.54, 1.807) is 0 Å². The molecule has 3 aliphatic heterocycles. The first-order valence-electron chi connectivity index (χ1n) is 12.1. The van der Waals surface area contributed by atoms with Gasteiger partial charge in [-0.15, -0.1) is 0 Å². The first-order valence-corrected chi connectivity index (χ1v) is 15.1. The maximum absolute atomic E-state index is 13.0. The van der Waals surface area contributed by atoms with Crippen LogP contribution in [0.5, 0.6) is 0 Å². The molecule has 42 heavy (non-hydrogen) atoms. The third kappa shape index (κ3) is 5.34. The fourth-order valence-corrected chi connectivity index (χ4v) is 6.68. The number of nitrogens with zero attached hydrogens (tertiary/aromatic N) is 5. The van der Waals surface area contributed by atoms with Crippen LogP contribution >= 0.6 is 15.6 Å². The summed E-state index contributed by atoms with van der Waals surface area (Å²) in [4.78, 5) is 59.3. The highest BCUT2D eigenvalue weighted by atomic mass is 31.2. The van der Waals surface area contributed by atoms with Crippen LogP contribution in [0, 0.1) is 0 Å². The number of aliphatic hydroxyl groups excluding tert-OH is 2. The lowest BCUT2D eigenvalue weighted by molar-refractivity contribution is -0.0693. The minimum atomic E-state index is -5.11. The van der Waals surface area contributed by atoms with E-state index in [9.17, 15) is 38.7 Å². The average molecular weight is 635 g/mol. The lowest BCUT2D eigenvalue weighted by Crippen LogP contribution is -2.38. The van der Waals surface area contributed by atoms with Crippen LogP contribution in [-0.2, 0) is 36.7 Å². The van der Waals surface area contributed by atoms with Crippen LogP contribution in [0.4, 0.5) is 5.82 Å². The van der Waals surface area contributed by atoms with Crippen LogP contribution in [0.25, 0.3) is 11.2 Å². The van der Waals surface area contributed by atoms with E-state index >= 15 is 0 Å². The number of imidazole rings is 1. The Labute approximate surface area is 232 Å². The number of H-pyrrole nitrogens is 1. The van der Waals surface area contributed by atoms with E-state index < -0.39 is 89.2 Å². The van der Waals surface area contributed by atoms with Crippen LogP contribution in [0.3, 0.4) is 0 Å². The summed E-state index contributed by atoms with van der Waals surface area (Å²) in [7, 11) is -10.2. The van der Waals surface area contributed by atoms with E-state index in [4.69, 9.17) is 33.3 Å². The topological polar surface area (TPSA) is 295 Å². The molecule has 3 aromatic heterocycles. The van der Waals surface area contributed by atoms with Crippen molar-refractivity contribution < 1.29 is 56.7 Å². The Bertz CT molecular complexity index is 1710. The number of ether oxygens (including phenoxy) is 2. The quantitative estimate of drug-likeness (QED) is 0.158. The molecule has 0 saturated carbocycles. The maximum atomic E-state index is 13.0. The Morgan fingerprint density at radius 3 is 2.31 bits per heavy atom. The smallest absolute Gasteiger partial charge is 0.387 e. The standard InChI is InChI=1S/C19H23N7O14P2/c20-9-1-2-25(19(30)24-9)18-14-11(27)7(37-18)3-35-41(31,32)39-13-8(4-36-42(33,34)40-14)38-17(12(13)28)26-6-23-10-15(26)21-5-22-16(10)29/h1-2,5-8,11-14,17-18,27-28H,3-4H2,(H,31,32)(H,33,34)(H2,20,24,30)(H,21,22,29)/t7-,8-,11-,12-,13-,14-,17-,18-/m1/s1. The summed E-state index contributed by atoms with van der Waals surface area (Å²) in [5, 5.41) is 21.8. The summed E-state index contributed by atoms with van der Waals surface area (Å²) >= 11 is 0. The van der Waals surface area contributed by atoms with Gasteiger partial charge in [-0.1, -0.05) is 0 Å². The predicted octanol–water partition coefficient (Wildman–Crippen LogP) is -2.51. The van der Waals surface area contributed by atoms with Crippen LogP contribution in [0.2, 0.25) is 0 Å². The van der Waals surface area contributed by atoms with Gasteiger partial charge in [0.2, 0.25) is 0 Å². The molecule has 0 aromatic carbocycles. The van der Waals surface area contributed by atoms with Gasteiger partial charge in [-0.25, -0.2) is 23.9 Å².